The van der Waals surface area contributed by atoms with Crippen LogP contribution in [0.25, 0.3) is 0 Å². The van der Waals surface area contributed by atoms with E-state index in [0.29, 0.717) is 0 Å². The maximum atomic E-state index is 5.35. The van der Waals surface area contributed by atoms with Gasteiger partial charge in [-0.1, -0.05) is 6.92 Å². The predicted molar refractivity (Wildman–Crippen MR) is 64.0 cm³/mol. The van der Waals surface area contributed by atoms with Crippen LogP contribution in [0, 0.1) is 0 Å². The van der Waals surface area contributed by atoms with E-state index >= 15 is 0 Å². The fraction of sp³-hybridized carbons (Fsp3) is 1.00. The van der Waals surface area contributed by atoms with Crippen LogP contribution in [0.4, 0.5) is 0 Å². The highest BCUT2D eigenvalue weighted by Gasteiger charge is 2.36. The van der Waals surface area contributed by atoms with E-state index in [1.54, 1.807) is 21.3 Å². The number of rotatable bonds is 9. The zero-order valence-electron chi connectivity index (χ0n) is 10.7. The molecule has 0 aliphatic rings. The molecule has 0 aromatic carbocycles. The van der Waals surface area contributed by atoms with E-state index in [9.17, 15) is 0 Å². The van der Waals surface area contributed by atoms with Gasteiger partial charge in [0.05, 0.1) is 0 Å². The zero-order chi connectivity index (χ0) is 11.7. The van der Waals surface area contributed by atoms with Crippen LogP contribution in [0.15, 0.2) is 0 Å². The van der Waals surface area contributed by atoms with Crippen molar-refractivity contribution in [3.05, 3.63) is 0 Å². The van der Waals surface area contributed by atoms with E-state index < -0.39 is 8.80 Å². The molecule has 15 heavy (non-hydrogen) atoms. The van der Waals surface area contributed by atoms with Gasteiger partial charge < -0.3 is 18.2 Å². The molecule has 0 aromatic heterocycles. The Morgan fingerprint density at radius 1 is 1.00 bits per heavy atom. The van der Waals surface area contributed by atoms with E-state index in [1.165, 1.54) is 6.42 Å². The first-order valence-electron chi connectivity index (χ1n) is 5.48. The van der Waals surface area contributed by atoms with Crippen molar-refractivity contribution in [3.63, 3.8) is 0 Å². The highest BCUT2D eigenvalue weighted by Crippen LogP contribution is 2.14. The molecule has 5 heteroatoms. The summed E-state index contributed by atoms with van der Waals surface area (Å²) in [7, 11) is 4.79. The van der Waals surface area contributed by atoms with Gasteiger partial charge in [0.25, 0.3) is 0 Å². The van der Waals surface area contributed by atoms with Crippen LogP contribution >= 0.6 is 0 Å². The van der Waals surface area contributed by atoms with Crippen molar-refractivity contribution in [3.8, 4) is 0 Å². The van der Waals surface area contributed by atoms with Gasteiger partial charge in [0.15, 0.2) is 0 Å². The van der Waals surface area contributed by atoms with Crippen molar-refractivity contribution in [2.24, 2.45) is 0 Å². The van der Waals surface area contributed by atoms with E-state index in [0.717, 1.165) is 25.6 Å². The first-order valence-corrected chi connectivity index (χ1v) is 7.41. The van der Waals surface area contributed by atoms with Crippen molar-refractivity contribution in [2.45, 2.75) is 25.8 Å². The van der Waals surface area contributed by atoms with E-state index in [1.807, 2.05) is 0 Å². The van der Waals surface area contributed by atoms with Crippen molar-refractivity contribution >= 4 is 8.80 Å². The summed E-state index contributed by atoms with van der Waals surface area (Å²) >= 11 is 0. The summed E-state index contributed by atoms with van der Waals surface area (Å²) in [6.07, 6.45) is 2.25. The first kappa shape index (κ1) is 15.1. The highest BCUT2D eigenvalue weighted by atomic mass is 28.4. The van der Waals surface area contributed by atoms with E-state index in [4.69, 9.17) is 13.3 Å². The number of hydrogen-bond acceptors (Lipinski definition) is 4. The fourth-order valence-electron chi connectivity index (χ4n) is 1.62. The van der Waals surface area contributed by atoms with Gasteiger partial charge in [-0.15, -0.1) is 0 Å². The van der Waals surface area contributed by atoms with Crippen LogP contribution in [0.3, 0.4) is 0 Å². The fourth-order valence-corrected chi connectivity index (χ4v) is 3.32. The molecule has 92 valence electrons. The van der Waals surface area contributed by atoms with Crippen LogP contribution in [0.1, 0.15) is 19.8 Å². The Bertz CT molecular complexity index is 145. The molecule has 0 aromatic rings. The Kier molecular flexibility index (Phi) is 8.27. The lowest BCUT2D eigenvalue weighted by atomic mass is 10.4. The maximum Gasteiger partial charge on any atom is 0.500 e. The van der Waals surface area contributed by atoms with Gasteiger partial charge in [0, 0.05) is 27.4 Å². The maximum absolute atomic E-state index is 5.35. The first-order chi connectivity index (χ1) is 7.14. The molecule has 0 fully saturated rings. The van der Waals surface area contributed by atoms with Crippen LogP contribution < -0.4 is 0 Å². The summed E-state index contributed by atoms with van der Waals surface area (Å²) < 4.78 is 16.1. The number of nitrogens with zero attached hydrogens (tertiary/aromatic N) is 1. The molecule has 0 saturated carbocycles. The lowest BCUT2D eigenvalue weighted by molar-refractivity contribution is 0.122. The van der Waals surface area contributed by atoms with E-state index in [2.05, 4.69) is 18.9 Å². The lowest BCUT2D eigenvalue weighted by Crippen LogP contribution is -2.43. The lowest BCUT2D eigenvalue weighted by Gasteiger charge is -2.25. The molecule has 0 rings (SSSR count). The predicted octanol–water partition coefficient (Wildman–Crippen LogP) is 1.60. The molecule has 0 aliphatic heterocycles. The molecule has 0 atom stereocenters. The van der Waals surface area contributed by atoms with Crippen LogP contribution in [0.5, 0.6) is 0 Å². The minimum atomic E-state index is -2.33. The standard InChI is InChI=1S/C10H25NO3Si/c1-6-8-11(2)9-7-10-15(12-3,13-4)14-5/h6-10H2,1-5H3. The molecular weight excluding hydrogens is 210 g/mol. The molecule has 0 aliphatic carbocycles. The highest BCUT2D eigenvalue weighted by molar-refractivity contribution is 6.60. The van der Waals surface area contributed by atoms with Gasteiger partial charge in [0.1, 0.15) is 0 Å². The average molecular weight is 235 g/mol. The molecule has 0 N–H and O–H groups in total. The van der Waals surface area contributed by atoms with Gasteiger partial charge in [-0.3, -0.25) is 0 Å². The largest absolute Gasteiger partial charge is 0.500 e. The summed E-state index contributed by atoms with van der Waals surface area (Å²) in [5.41, 5.74) is 0. The van der Waals surface area contributed by atoms with Gasteiger partial charge >= 0.3 is 8.80 Å². The van der Waals surface area contributed by atoms with Crippen molar-refractivity contribution in [1.82, 2.24) is 4.90 Å². The summed E-state index contributed by atoms with van der Waals surface area (Å²) in [6, 6.07) is 0.880. The molecule has 0 bridgehead atoms. The third-order valence-electron chi connectivity index (χ3n) is 2.56. The molecular formula is C10H25NO3Si. The monoisotopic (exact) mass is 235 g/mol. The molecule has 0 heterocycles. The summed E-state index contributed by atoms with van der Waals surface area (Å²) in [5, 5.41) is 0. The summed E-state index contributed by atoms with van der Waals surface area (Å²) in [4.78, 5) is 2.32. The summed E-state index contributed by atoms with van der Waals surface area (Å²) in [6.45, 7) is 4.40. The van der Waals surface area contributed by atoms with Crippen molar-refractivity contribution < 1.29 is 13.3 Å². The third-order valence-corrected chi connectivity index (χ3v) is 5.39. The van der Waals surface area contributed by atoms with Gasteiger partial charge in [-0.05, 0) is 33.0 Å². The smallest absolute Gasteiger partial charge is 0.377 e. The molecule has 4 nitrogen and oxygen atoms in total. The Balaban J connectivity index is 3.80. The third kappa shape index (κ3) is 5.63. The molecule has 0 spiro atoms. The Morgan fingerprint density at radius 3 is 1.93 bits per heavy atom. The second-order valence-corrected chi connectivity index (χ2v) is 6.79. The second-order valence-electron chi connectivity index (χ2n) is 3.70. The Labute approximate surface area is 94.9 Å². The van der Waals surface area contributed by atoms with Crippen LogP contribution in [-0.2, 0) is 13.3 Å². The SMILES string of the molecule is CCCN(C)CCC[Si](OC)(OC)OC. The van der Waals surface area contributed by atoms with E-state index in [-0.39, 0.29) is 0 Å². The minimum Gasteiger partial charge on any atom is -0.377 e. The Morgan fingerprint density at radius 2 is 1.53 bits per heavy atom. The normalized spacial score (nSPS) is 12.4. The van der Waals surface area contributed by atoms with Crippen molar-refractivity contribution in [1.29, 1.82) is 0 Å². The zero-order valence-corrected chi connectivity index (χ0v) is 11.7. The minimum absolute atomic E-state index is 0.880. The summed E-state index contributed by atoms with van der Waals surface area (Å²) in [5.74, 6) is 0. The topological polar surface area (TPSA) is 30.9 Å². The Hall–Kier alpha value is 0.0569. The van der Waals surface area contributed by atoms with Gasteiger partial charge in [0.2, 0.25) is 0 Å². The second kappa shape index (κ2) is 8.24. The van der Waals surface area contributed by atoms with Gasteiger partial charge in [-0.25, -0.2) is 0 Å². The molecule has 0 saturated heterocycles. The number of hydrogen-bond donors (Lipinski definition) is 0. The average Bonchev–Trinajstić information content (AvgIpc) is 2.25. The molecule has 0 amide bonds. The van der Waals surface area contributed by atoms with Crippen LogP contribution in [0.2, 0.25) is 6.04 Å². The van der Waals surface area contributed by atoms with Gasteiger partial charge in [-0.2, -0.15) is 0 Å². The quantitative estimate of drug-likeness (QED) is 0.568. The van der Waals surface area contributed by atoms with Crippen LogP contribution in [-0.4, -0.2) is 55.2 Å². The molecule has 0 unspecified atom stereocenters. The molecule has 0 radical (unpaired) electrons. The van der Waals surface area contributed by atoms with Crippen molar-refractivity contribution in [2.75, 3.05) is 41.5 Å².